The summed E-state index contributed by atoms with van der Waals surface area (Å²) in [5, 5.41) is 0. The van der Waals surface area contributed by atoms with Gasteiger partial charge in [-0.05, 0) is 50.3 Å². The maximum atomic E-state index is 13.5. The van der Waals surface area contributed by atoms with Crippen molar-refractivity contribution in [3.05, 3.63) is 18.2 Å². The van der Waals surface area contributed by atoms with Crippen molar-refractivity contribution in [3.8, 4) is 0 Å². The second-order valence-corrected chi connectivity index (χ2v) is 11.0. The van der Waals surface area contributed by atoms with Crippen LogP contribution in [0.1, 0.15) is 44.9 Å². The van der Waals surface area contributed by atoms with Crippen LogP contribution in [0.3, 0.4) is 0 Å². The number of fused-ring (bicyclic) bond motifs is 3. The molecule has 8 nitrogen and oxygen atoms in total. The molecular formula is C22H32N4O4S. The number of anilines is 2. The molecule has 2 amide bonds. The Morgan fingerprint density at radius 2 is 1.68 bits per heavy atom. The first-order valence-electron chi connectivity index (χ1n) is 11.2. The topological polar surface area (TPSA) is 81.2 Å². The van der Waals surface area contributed by atoms with E-state index in [1.54, 1.807) is 18.2 Å². The van der Waals surface area contributed by atoms with Crippen molar-refractivity contribution in [1.29, 1.82) is 0 Å². The molecule has 0 aromatic heterocycles. The van der Waals surface area contributed by atoms with Crippen LogP contribution in [0.15, 0.2) is 23.1 Å². The number of piperidine rings is 1. The molecule has 2 saturated heterocycles. The van der Waals surface area contributed by atoms with E-state index in [0.717, 1.165) is 74.6 Å². The molecule has 3 aliphatic heterocycles. The van der Waals surface area contributed by atoms with Crippen molar-refractivity contribution in [2.75, 3.05) is 50.1 Å². The molecule has 1 unspecified atom stereocenters. The number of benzene rings is 1. The highest BCUT2D eigenvalue weighted by molar-refractivity contribution is 7.89. The predicted octanol–water partition coefficient (Wildman–Crippen LogP) is 2.04. The monoisotopic (exact) mass is 448 g/mol. The lowest BCUT2D eigenvalue weighted by atomic mass is 9.96. The number of likely N-dealkylation sites (tertiary alicyclic amines) is 1. The van der Waals surface area contributed by atoms with Gasteiger partial charge in [0.25, 0.3) is 0 Å². The van der Waals surface area contributed by atoms with E-state index in [1.165, 1.54) is 19.0 Å². The first-order chi connectivity index (χ1) is 14.8. The molecule has 0 saturated carbocycles. The van der Waals surface area contributed by atoms with Crippen molar-refractivity contribution in [3.63, 3.8) is 0 Å². The van der Waals surface area contributed by atoms with Gasteiger partial charge >= 0.3 is 0 Å². The number of carbonyl (C=O) groups is 2. The van der Waals surface area contributed by atoms with Crippen molar-refractivity contribution < 1.29 is 18.0 Å². The molecule has 1 atom stereocenters. The van der Waals surface area contributed by atoms with Crippen molar-refractivity contribution >= 4 is 33.2 Å². The fourth-order valence-electron chi connectivity index (χ4n) is 4.83. The average Bonchev–Trinajstić information content (AvgIpc) is 3.05. The summed E-state index contributed by atoms with van der Waals surface area (Å²) in [7, 11) is -0.678. The van der Waals surface area contributed by atoms with Gasteiger partial charge in [0.15, 0.2) is 0 Å². The first-order valence-corrected chi connectivity index (χ1v) is 12.7. The molecule has 170 valence electrons. The van der Waals surface area contributed by atoms with Crippen LogP contribution in [-0.2, 0) is 19.6 Å². The van der Waals surface area contributed by atoms with Crippen molar-refractivity contribution in [1.82, 2.24) is 9.21 Å². The van der Waals surface area contributed by atoms with Gasteiger partial charge in [0.05, 0.1) is 16.3 Å². The maximum absolute atomic E-state index is 13.5. The summed E-state index contributed by atoms with van der Waals surface area (Å²) in [6, 6.07) is 4.67. The second-order valence-electron chi connectivity index (χ2n) is 8.86. The lowest BCUT2D eigenvalue weighted by Gasteiger charge is -2.45. The minimum atomic E-state index is -3.65. The first kappa shape index (κ1) is 22.1. The summed E-state index contributed by atoms with van der Waals surface area (Å²) in [6.07, 6.45) is 6.94. The Labute approximate surface area is 184 Å². The highest BCUT2D eigenvalue weighted by atomic mass is 32.2. The van der Waals surface area contributed by atoms with Crippen LogP contribution in [0.25, 0.3) is 0 Å². The smallest absolute Gasteiger partial charge is 0.250 e. The standard InChI is InChI=1S/C22H32N4O4S/c1-23(2)31(29,30)17-10-11-18-20(15-17)26(22(28)19-9-5-8-14-25(18)19)16-21(27)24-12-6-3-4-7-13-24/h10-11,15,19H,3-9,12-14,16H2,1-2H3. The fraction of sp³-hybridized carbons (Fsp3) is 0.636. The third kappa shape index (κ3) is 4.17. The van der Waals surface area contributed by atoms with Crippen LogP contribution in [0.5, 0.6) is 0 Å². The molecule has 31 heavy (non-hydrogen) atoms. The lowest BCUT2D eigenvalue weighted by molar-refractivity contribution is -0.131. The number of carbonyl (C=O) groups excluding carboxylic acids is 2. The van der Waals surface area contributed by atoms with E-state index in [-0.39, 0.29) is 29.3 Å². The molecule has 0 aliphatic carbocycles. The Morgan fingerprint density at radius 1 is 1.00 bits per heavy atom. The van der Waals surface area contributed by atoms with Gasteiger partial charge in [-0.1, -0.05) is 12.8 Å². The van der Waals surface area contributed by atoms with E-state index in [1.807, 2.05) is 4.90 Å². The Kier molecular flexibility index (Phi) is 6.25. The normalized spacial score (nSPS) is 22.2. The van der Waals surface area contributed by atoms with E-state index in [4.69, 9.17) is 0 Å². The van der Waals surface area contributed by atoms with Crippen LogP contribution in [0, 0.1) is 0 Å². The largest absolute Gasteiger partial charge is 0.358 e. The highest BCUT2D eigenvalue weighted by Crippen LogP contribution is 2.41. The summed E-state index contributed by atoms with van der Waals surface area (Å²) in [5.41, 5.74) is 1.36. The third-order valence-electron chi connectivity index (χ3n) is 6.63. The molecule has 1 aromatic carbocycles. The second kappa shape index (κ2) is 8.78. The van der Waals surface area contributed by atoms with E-state index in [2.05, 4.69) is 4.90 Å². The Hall–Kier alpha value is -2.13. The van der Waals surface area contributed by atoms with E-state index in [9.17, 15) is 18.0 Å². The Morgan fingerprint density at radius 3 is 2.35 bits per heavy atom. The number of sulfonamides is 1. The molecule has 9 heteroatoms. The van der Waals surface area contributed by atoms with Gasteiger partial charge in [0.1, 0.15) is 12.6 Å². The maximum Gasteiger partial charge on any atom is 0.250 e. The molecule has 1 aromatic rings. The molecule has 2 fully saturated rings. The Bertz CT molecular complexity index is 954. The number of hydrogen-bond acceptors (Lipinski definition) is 5. The quantitative estimate of drug-likeness (QED) is 0.704. The molecule has 0 spiro atoms. The highest BCUT2D eigenvalue weighted by Gasteiger charge is 2.41. The molecule has 0 radical (unpaired) electrons. The zero-order chi connectivity index (χ0) is 22.2. The van der Waals surface area contributed by atoms with Gasteiger partial charge in [-0.15, -0.1) is 0 Å². The minimum Gasteiger partial charge on any atom is -0.358 e. The Balaban J connectivity index is 1.72. The summed E-state index contributed by atoms with van der Waals surface area (Å²) in [4.78, 5) is 32.2. The fourth-order valence-corrected chi connectivity index (χ4v) is 5.75. The van der Waals surface area contributed by atoms with Gasteiger partial charge in [-0.25, -0.2) is 12.7 Å². The van der Waals surface area contributed by atoms with E-state index in [0.29, 0.717) is 5.69 Å². The summed E-state index contributed by atoms with van der Waals surface area (Å²) < 4.78 is 26.6. The molecule has 0 N–H and O–H groups in total. The lowest BCUT2D eigenvalue weighted by Crippen LogP contribution is -2.57. The average molecular weight is 449 g/mol. The van der Waals surface area contributed by atoms with Gasteiger partial charge in [0, 0.05) is 33.7 Å². The number of nitrogens with zero attached hydrogens (tertiary/aromatic N) is 4. The minimum absolute atomic E-state index is 0.0400. The summed E-state index contributed by atoms with van der Waals surface area (Å²) >= 11 is 0. The molecule has 4 rings (SSSR count). The SMILES string of the molecule is CN(C)S(=O)(=O)c1ccc2c(c1)N(CC(=O)N1CCCCCC1)C(=O)C1CCCCN21. The molecule has 3 aliphatic rings. The van der Waals surface area contributed by atoms with Crippen LogP contribution >= 0.6 is 0 Å². The van der Waals surface area contributed by atoms with E-state index < -0.39 is 10.0 Å². The zero-order valence-electron chi connectivity index (χ0n) is 18.4. The van der Waals surface area contributed by atoms with Crippen molar-refractivity contribution in [2.24, 2.45) is 0 Å². The number of amides is 2. The summed E-state index contributed by atoms with van der Waals surface area (Å²) in [6.45, 7) is 2.16. The van der Waals surface area contributed by atoms with Crippen LogP contribution < -0.4 is 9.80 Å². The number of hydrogen-bond donors (Lipinski definition) is 0. The van der Waals surface area contributed by atoms with Crippen molar-refractivity contribution in [2.45, 2.75) is 55.9 Å². The zero-order valence-corrected chi connectivity index (χ0v) is 19.2. The van der Waals surface area contributed by atoms with Crippen LogP contribution in [0.4, 0.5) is 11.4 Å². The van der Waals surface area contributed by atoms with E-state index >= 15 is 0 Å². The van der Waals surface area contributed by atoms with Crippen LogP contribution in [0.2, 0.25) is 0 Å². The summed E-state index contributed by atoms with van der Waals surface area (Å²) in [5.74, 6) is -0.166. The predicted molar refractivity (Wildman–Crippen MR) is 120 cm³/mol. The number of rotatable bonds is 4. The molecular weight excluding hydrogens is 416 g/mol. The van der Waals surface area contributed by atoms with Gasteiger partial charge < -0.3 is 9.80 Å². The van der Waals surface area contributed by atoms with Gasteiger partial charge in [0.2, 0.25) is 21.8 Å². The van der Waals surface area contributed by atoms with Gasteiger partial charge in [-0.2, -0.15) is 0 Å². The molecule has 0 bridgehead atoms. The van der Waals surface area contributed by atoms with Gasteiger partial charge in [-0.3, -0.25) is 14.5 Å². The molecule has 3 heterocycles. The van der Waals surface area contributed by atoms with Crippen LogP contribution in [-0.4, -0.2) is 75.8 Å². The third-order valence-corrected chi connectivity index (χ3v) is 8.44.